The second kappa shape index (κ2) is 3.96. The van der Waals surface area contributed by atoms with Gasteiger partial charge >= 0.3 is 0 Å². The number of halogens is 1. The first-order valence-corrected chi connectivity index (χ1v) is 5.98. The van der Waals surface area contributed by atoms with Crippen LogP contribution in [0, 0.1) is 11.3 Å². The molecule has 0 bridgehead atoms. The van der Waals surface area contributed by atoms with Crippen molar-refractivity contribution in [1.29, 1.82) is 5.26 Å². The molecule has 2 nitrogen and oxygen atoms in total. The van der Waals surface area contributed by atoms with E-state index < -0.39 is 0 Å². The van der Waals surface area contributed by atoms with E-state index in [2.05, 4.69) is 17.9 Å². The van der Waals surface area contributed by atoms with E-state index in [1.807, 2.05) is 25.2 Å². The molecule has 0 saturated carbocycles. The van der Waals surface area contributed by atoms with Crippen LogP contribution in [0.15, 0.2) is 23.1 Å². The van der Waals surface area contributed by atoms with Crippen LogP contribution < -0.4 is 4.90 Å². The van der Waals surface area contributed by atoms with Gasteiger partial charge in [-0.15, -0.1) is 11.8 Å². The lowest BCUT2D eigenvalue weighted by molar-refractivity contribution is 0.698. The number of nitrogens with zero attached hydrogens (tertiary/aromatic N) is 2. The third kappa shape index (κ3) is 1.80. The Morgan fingerprint density at radius 1 is 1.53 bits per heavy atom. The number of anilines is 1. The molecule has 0 radical (unpaired) electrons. The minimum absolute atomic E-state index is 0.0105. The van der Waals surface area contributed by atoms with Crippen LogP contribution in [-0.2, 0) is 0 Å². The minimum atomic E-state index is -0.0105. The van der Waals surface area contributed by atoms with Crippen molar-refractivity contribution in [3.63, 3.8) is 0 Å². The number of rotatable bonds is 0. The summed E-state index contributed by atoms with van der Waals surface area (Å²) in [5.74, 6) is 0. The quantitative estimate of drug-likeness (QED) is 0.695. The van der Waals surface area contributed by atoms with E-state index in [0.717, 1.165) is 15.6 Å². The van der Waals surface area contributed by atoms with Crippen molar-refractivity contribution in [3.8, 4) is 6.07 Å². The monoisotopic (exact) mass is 238 g/mol. The third-order valence-corrected chi connectivity index (χ3v) is 4.32. The van der Waals surface area contributed by atoms with Crippen molar-refractivity contribution in [3.05, 3.63) is 23.2 Å². The van der Waals surface area contributed by atoms with Gasteiger partial charge in [-0.25, -0.2) is 0 Å². The summed E-state index contributed by atoms with van der Waals surface area (Å²) >= 11 is 7.58. The molecule has 1 heterocycles. The molecule has 0 amide bonds. The highest BCUT2D eigenvalue weighted by atomic mass is 35.5. The van der Waals surface area contributed by atoms with Gasteiger partial charge in [-0.3, -0.25) is 0 Å². The fourth-order valence-corrected chi connectivity index (χ4v) is 3.00. The van der Waals surface area contributed by atoms with E-state index in [1.165, 1.54) is 0 Å². The minimum Gasteiger partial charge on any atom is -0.369 e. The van der Waals surface area contributed by atoms with Crippen molar-refractivity contribution < 1.29 is 0 Å². The molecule has 0 fully saturated rings. The van der Waals surface area contributed by atoms with E-state index in [-0.39, 0.29) is 11.3 Å². The lowest BCUT2D eigenvalue weighted by atomic mass is 10.2. The molecule has 2 unspecified atom stereocenters. The molecule has 2 rings (SSSR count). The smallest absolute Gasteiger partial charge is 0.116 e. The first-order chi connectivity index (χ1) is 7.13. The molecular formula is C11H11ClN2S. The number of thioether (sulfide) groups is 1. The zero-order valence-electron chi connectivity index (χ0n) is 8.57. The Kier molecular flexibility index (Phi) is 2.81. The van der Waals surface area contributed by atoms with E-state index in [4.69, 9.17) is 16.9 Å². The maximum Gasteiger partial charge on any atom is 0.116 e. The van der Waals surface area contributed by atoms with Gasteiger partial charge in [0.2, 0.25) is 0 Å². The standard InChI is InChI=1S/C11H11ClN2S/c1-7-11(6-13)15-10-4-3-8(12)5-9(10)14(7)2/h3-5,7,11H,1-2H3. The third-order valence-electron chi connectivity index (χ3n) is 2.73. The molecule has 0 saturated heterocycles. The first kappa shape index (κ1) is 10.7. The van der Waals surface area contributed by atoms with Gasteiger partial charge in [0, 0.05) is 17.0 Å². The van der Waals surface area contributed by atoms with Crippen LogP contribution >= 0.6 is 23.4 Å². The van der Waals surface area contributed by atoms with Crippen LogP contribution in [0.3, 0.4) is 0 Å². The van der Waals surface area contributed by atoms with Crippen molar-refractivity contribution in [2.75, 3.05) is 11.9 Å². The van der Waals surface area contributed by atoms with Crippen LogP contribution in [-0.4, -0.2) is 18.3 Å². The summed E-state index contributed by atoms with van der Waals surface area (Å²) < 4.78 is 0. The van der Waals surface area contributed by atoms with Gasteiger partial charge in [0.15, 0.2) is 0 Å². The molecule has 1 aromatic rings. The maximum absolute atomic E-state index is 9.04. The Bertz CT molecular complexity index is 427. The van der Waals surface area contributed by atoms with E-state index in [9.17, 15) is 0 Å². The van der Waals surface area contributed by atoms with Crippen molar-refractivity contribution in [1.82, 2.24) is 0 Å². The molecule has 0 spiro atoms. The normalized spacial score (nSPS) is 24.5. The molecular weight excluding hydrogens is 228 g/mol. The summed E-state index contributed by atoms with van der Waals surface area (Å²) in [6, 6.07) is 8.34. The molecule has 15 heavy (non-hydrogen) atoms. The number of nitriles is 1. The molecule has 0 aromatic heterocycles. The van der Waals surface area contributed by atoms with Crippen LogP contribution in [0.2, 0.25) is 5.02 Å². The highest BCUT2D eigenvalue weighted by Gasteiger charge is 2.29. The second-order valence-corrected chi connectivity index (χ2v) is 5.25. The first-order valence-electron chi connectivity index (χ1n) is 4.72. The molecule has 1 aliphatic heterocycles. The Hall–Kier alpha value is -0.850. The summed E-state index contributed by atoms with van der Waals surface area (Å²) in [6.45, 7) is 2.06. The largest absolute Gasteiger partial charge is 0.369 e. The fourth-order valence-electron chi connectivity index (χ4n) is 1.66. The Labute approximate surface area is 98.8 Å². The number of fused-ring (bicyclic) bond motifs is 1. The summed E-state index contributed by atoms with van der Waals surface area (Å²) in [7, 11) is 2.00. The summed E-state index contributed by atoms with van der Waals surface area (Å²) in [6.07, 6.45) is 0. The summed E-state index contributed by atoms with van der Waals surface area (Å²) in [5, 5.41) is 9.76. The molecule has 2 atom stereocenters. The van der Waals surface area contributed by atoms with E-state index >= 15 is 0 Å². The molecule has 78 valence electrons. The van der Waals surface area contributed by atoms with Crippen LogP contribution in [0.25, 0.3) is 0 Å². The van der Waals surface area contributed by atoms with Gasteiger partial charge in [-0.1, -0.05) is 11.6 Å². The highest BCUT2D eigenvalue weighted by Crippen LogP contribution is 2.41. The molecule has 0 N–H and O–H groups in total. The second-order valence-electron chi connectivity index (χ2n) is 3.63. The van der Waals surface area contributed by atoms with Gasteiger partial charge in [0.1, 0.15) is 5.25 Å². The lowest BCUT2D eigenvalue weighted by Gasteiger charge is -2.36. The zero-order valence-corrected chi connectivity index (χ0v) is 10.1. The lowest BCUT2D eigenvalue weighted by Crippen LogP contribution is -2.39. The highest BCUT2D eigenvalue weighted by molar-refractivity contribution is 8.00. The molecule has 4 heteroatoms. The van der Waals surface area contributed by atoms with Gasteiger partial charge in [0.05, 0.1) is 17.8 Å². The number of benzene rings is 1. The zero-order chi connectivity index (χ0) is 11.0. The van der Waals surface area contributed by atoms with Gasteiger partial charge in [-0.05, 0) is 25.1 Å². The number of hydrogen-bond acceptors (Lipinski definition) is 3. The van der Waals surface area contributed by atoms with Crippen LogP contribution in [0.5, 0.6) is 0 Å². The average molecular weight is 239 g/mol. The molecule has 1 aliphatic rings. The average Bonchev–Trinajstić information content (AvgIpc) is 2.24. The van der Waals surface area contributed by atoms with Crippen molar-refractivity contribution in [2.24, 2.45) is 0 Å². The Balaban J connectivity index is 2.46. The van der Waals surface area contributed by atoms with E-state index in [0.29, 0.717) is 0 Å². The topological polar surface area (TPSA) is 27.0 Å². The Morgan fingerprint density at radius 2 is 2.27 bits per heavy atom. The van der Waals surface area contributed by atoms with Gasteiger partial charge in [0.25, 0.3) is 0 Å². The molecule has 0 aliphatic carbocycles. The summed E-state index contributed by atoms with van der Waals surface area (Å²) in [4.78, 5) is 3.25. The van der Waals surface area contributed by atoms with Gasteiger partial charge in [-0.2, -0.15) is 5.26 Å². The SMILES string of the molecule is CC1C(C#N)Sc2ccc(Cl)cc2N1C. The summed E-state index contributed by atoms with van der Waals surface area (Å²) in [5.41, 5.74) is 1.12. The van der Waals surface area contributed by atoms with Crippen molar-refractivity contribution in [2.45, 2.75) is 23.1 Å². The maximum atomic E-state index is 9.04. The Morgan fingerprint density at radius 3 is 2.93 bits per heavy atom. The predicted molar refractivity (Wildman–Crippen MR) is 64.6 cm³/mol. The van der Waals surface area contributed by atoms with Crippen LogP contribution in [0.1, 0.15) is 6.92 Å². The predicted octanol–water partition coefficient (Wildman–Crippen LogP) is 3.16. The van der Waals surface area contributed by atoms with Crippen LogP contribution in [0.4, 0.5) is 5.69 Å². The number of hydrogen-bond donors (Lipinski definition) is 0. The van der Waals surface area contributed by atoms with Gasteiger partial charge < -0.3 is 4.90 Å². The fraction of sp³-hybridized carbons (Fsp3) is 0.364. The van der Waals surface area contributed by atoms with E-state index in [1.54, 1.807) is 11.8 Å². The van der Waals surface area contributed by atoms with Crippen molar-refractivity contribution >= 4 is 29.1 Å². The molecule has 1 aromatic carbocycles.